The molecule has 0 aliphatic rings. The Morgan fingerprint density at radius 1 is 0.304 bits per heavy atom. The number of rotatable bonds is 66. The monoisotopic (exact) mass is 1420 g/mol. The molecule has 0 aliphatic carbocycles. The van der Waals surface area contributed by atoms with Crippen molar-refractivity contribution in [3.8, 4) is 0 Å². The average molecular weight is 1420 g/mol. The van der Waals surface area contributed by atoms with E-state index in [-0.39, 0.29) is 26.1 Å². The third-order valence-electron chi connectivity index (χ3n) is 14.6. The Labute approximate surface area is 622 Å². The van der Waals surface area contributed by atoms with Crippen molar-refractivity contribution in [3.63, 3.8) is 0 Å². The number of carbonyl (C=O) groups is 2. The second-order valence-corrected chi connectivity index (χ2v) is 26.7. The smallest absolute Gasteiger partial charge is 0.462 e. The molecule has 102 heavy (non-hydrogen) atoms. The van der Waals surface area contributed by atoms with Gasteiger partial charge in [-0.3, -0.25) is 18.6 Å². The zero-order valence-electron chi connectivity index (χ0n) is 63.9. The van der Waals surface area contributed by atoms with Crippen LogP contribution in [0.5, 0.6) is 0 Å². The van der Waals surface area contributed by atoms with Crippen molar-refractivity contribution in [2.45, 2.75) is 225 Å². The Morgan fingerprint density at radius 3 is 0.745 bits per heavy atom. The van der Waals surface area contributed by atoms with Crippen molar-refractivity contribution in [1.82, 2.24) is 0 Å². The van der Waals surface area contributed by atoms with Gasteiger partial charge in [-0.2, -0.15) is 0 Å². The lowest BCUT2D eigenvalue weighted by molar-refractivity contribution is -0.870. The van der Waals surface area contributed by atoms with Gasteiger partial charge in [-0.1, -0.05) is 305 Å². The van der Waals surface area contributed by atoms with E-state index in [1.807, 2.05) is 21.1 Å². The first kappa shape index (κ1) is 94.8. The van der Waals surface area contributed by atoms with Crippen LogP contribution in [0.2, 0.25) is 0 Å². The summed E-state index contributed by atoms with van der Waals surface area (Å²) in [6.07, 6.45) is 133. The largest absolute Gasteiger partial charge is 0.472 e. The van der Waals surface area contributed by atoms with Gasteiger partial charge in [0.2, 0.25) is 0 Å². The van der Waals surface area contributed by atoms with E-state index >= 15 is 0 Å². The van der Waals surface area contributed by atoms with Crippen molar-refractivity contribution in [2.75, 3.05) is 47.5 Å². The number of phosphoric ester groups is 1. The van der Waals surface area contributed by atoms with Crippen molar-refractivity contribution in [2.24, 2.45) is 0 Å². The van der Waals surface area contributed by atoms with Crippen LogP contribution in [0.4, 0.5) is 0 Å². The lowest BCUT2D eigenvalue weighted by atomic mass is 10.1. The van der Waals surface area contributed by atoms with Crippen LogP contribution in [0.3, 0.4) is 0 Å². The fraction of sp³-hybridized carbons (Fsp3) is 0.457. The van der Waals surface area contributed by atoms with Gasteiger partial charge in [-0.05, 0) is 193 Å². The standard InChI is InChI=1S/C92H136NO8P/c1-6-8-10-12-14-16-18-20-22-24-26-28-30-32-34-36-38-40-42-44-46-48-50-52-54-56-58-60-62-64-66-68-70-72-74-76-78-80-82-84-91(94)98-88-90(89-100-102(96,97)99-87-86-93(3,4)5)101-92(95)85-83-81-79-77-75-73-71-69-67-65-63-61-59-57-55-53-51-49-47-45-43-41-39-37-35-33-31-29-27-25-23-21-19-17-15-13-11-9-7-2/h8-11,14-17,20-23,26-29,32-35,38-41,44-47,50-53,56-59,62-65,68-71,74-77,90H,6-7,12-13,18-19,24-25,30-31,36-37,42-43,48-49,54-55,60-61,66-67,72-73,78-89H2,1-5H3/p+1/b10-8-,11-9-,16-14-,17-15-,22-20-,23-21-,28-26-,29-27-,34-32-,35-33-,40-38-,41-39-,46-44-,47-45-,52-50-,53-51-,58-56-,59-57-,64-62-,65-63-,70-68-,71-69-,76-74-,77-75-. The molecule has 0 fully saturated rings. The topological polar surface area (TPSA) is 108 Å². The maximum atomic E-state index is 12.9. The Morgan fingerprint density at radius 2 is 0.520 bits per heavy atom. The zero-order valence-corrected chi connectivity index (χ0v) is 64.8. The van der Waals surface area contributed by atoms with E-state index in [0.29, 0.717) is 23.9 Å². The minimum Gasteiger partial charge on any atom is -0.462 e. The Hall–Kier alpha value is -7.23. The van der Waals surface area contributed by atoms with E-state index in [9.17, 15) is 19.0 Å². The second-order valence-electron chi connectivity index (χ2n) is 25.2. The molecule has 10 heteroatoms. The van der Waals surface area contributed by atoms with E-state index in [1.54, 1.807) is 0 Å². The summed E-state index contributed by atoms with van der Waals surface area (Å²) in [5.41, 5.74) is 0. The van der Waals surface area contributed by atoms with Gasteiger partial charge in [0.1, 0.15) is 19.8 Å². The highest BCUT2D eigenvalue weighted by Crippen LogP contribution is 2.43. The Kier molecular flexibility index (Phi) is 72.4. The van der Waals surface area contributed by atoms with E-state index in [1.165, 1.54) is 0 Å². The first-order valence-corrected chi connectivity index (χ1v) is 39.9. The van der Waals surface area contributed by atoms with Gasteiger partial charge >= 0.3 is 19.8 Å². The van der Waals surface area contributed by atoms with E-state index in [4.69, 9.17) is 18.5 Å². The number of allylic oxidation sites excluding steroid dienone is 48. The minimum absolute atomic E-state index is 0.00150. The molecule has 0 rings (SSSR count). The number of quaternary nitrogens is 1. The molecule has 0 saturated carbocycles. The zero-order chi connectivity index (χ0) is 74.0. The number of likely N-dealkylation sites (N-methyl/N-ethyl adjacent to an activating group) is 1. The van der Waals surface area contributed by atoms with Gasteiger partial charge in [0.05, 0.1) is 27.7 Å². The molecule has 0 saturated heterocycles. The van der Waals surface area contributed by atoms with Crippen molar-refractivity contribution >= 4 is 19.8 Å². The fourth-order valence-corrected chi connectivity index (χ4v) is 9.60. The highest BCUT2D eigenvalue weighted by atomic mass is 31.2. The Balaban J connectivity index is 4.30. The van der Waals surface area contributed by atoms with Crippen LogP contribution >= 0.6 is 7.82 Å². The maximum absolute atomic E-state index is 12.9. The van der Waals surface area contributed by atoms with E-state index in [2.05, 4.69) is 305 Å². The van der Waals surface area contributed by atoms with E-state index < -0.39 is 32.5 Å². The van der Waals surface area contributed by atoms with Crippen LogP contribution in [0.15, 0.2) is 292 Å². The lowest BCUT2D eigenvalue weighted by Crippen LogP contribution is -2.37. The summed E-state index contributed by atoms with van der Waals surface area (Å²) in [6.45, 7) is 4.05. The highest BCUT2D eigenvalue weighted by molar-refractivity contribution is 7.47. The molecule has 0 aliphatic heterocycles. The Bertz CT molecular complexity index is 2830. The summed E-state index contributed by atoms with van der Waals surface area (Å²) in [6, 6.07) is 0. The summed E-state index contributed by atoms with van der Waals surface area (Å²) < 4.78 is 34.6. The predicted molar refractivity (Wildman–Crippen MR) is 444 cm³/mol. The molecule has 0 aromatic rings. The number of unbranched alkanes of at least 4 members (excludes halogenated alkanes) is 4. The quantitative estimate of drug-likeness (QED) is 0.0211. The van der Waals surface area contributed by atoms with Crippen LogP contribution in [0.1, 0.15) is 219 Å². The third kappa shape index (κ3) is 81.7. The van der Waals surface area contributed by atoms with Gasteiger partial charge in [0.15, 0.2) is 6.10 Å². The fourth-order valence-electron chi connectivity index (χ4n) is 8.86. The molecule has 1 N–H and O–H groups in total. The van der Waals surface area contributed by atoms with Gasteiger partial charge in [0.25, 0.3) is 0 Å². The van der Waals surface area contributed by atoms with Gasteiger partial charge in [0, 0.05) is 12.8 Å². The summed E-state index contributed by atoms with van der Waals surface area (Å²) in [4.78, 5) is 35.9. The second kappa shape index (κ2) is 77.9. The average Bonchev–Trinajstić information content (AvgIpc) is 0.935. The van der Waals surface area contributed by atoms with Crippen LogP contribution in [-0.2, 0) is 32.7 Å². The van der Waals surface area contributed by atoms with Gasteiger partial charge in [-0.25, -0.2) is 4.57 Å². The number of phosphoric acid groups is 1. The number of ether oxygens (including phenoxy) is 2. The lowest BCUT2D eigenvalue weighted by Gasteiger charge is -2.24. The van der Waals surface area contributed by atoms with Gasteiger partial charge < -0.3 is 18.9 Å². The molecule has 0 spiro atoms. The molecule has 0 aromatic carbocycles. The van der Waals surface area contributed by atoms with Gasteiger partial charge in [-0.15, -0.1) is 0 Å². The molecule has 0 bridgehead atoms. The molecule has 0 heterocycles. The van der Waals surface area contributed by atoms with Crippen molar-refractivity contribution in [1.29, 1.82) is 0 Å². The molecule has 562 valence electrons. The van der Waals surface area contributed by atoms with Crippen molar-refractivity contribution in [3.05, 3.63) is 292 Å². The summed E-state index contributed by atoms with van der Waals surface area (Å²) in [5, 5.41) is 0. The first-order valence-electron chi connectivity index (χ1n) is 38.4. The molecular weight excluding hydrogens is 1280 g/mol. The summed E-state index contributed by atoms with van der Waals surface area (Å²) in [5.74, 6) is -0.928. The van der Waals surface area contributed by atoms with Crippen LogP contribution in [0.25, 0.3) is 0 Å². The number of esters is 2. The third-order valence-corrected chi connectivity index (χ3v) is 15.6. The molecule has 0 amide bonds. The molecule has 0 aromatic heterocycles. The molecule has 2 atom stereocenters. The predicted octanol–water partition coefficient (Wildman–Crippen LogP) is 26.2. The van der Waals surface area contributed by atoms with Crippen LogP contribution in [-0.4, -0.2) is 74.9 Å². The molecule has 0 radical (unpaired) electrons. The number of carbonyl (C=O) groups excluding carboxylic acids is 2. The summed E-state index contributed by atoms with van der Waals surface area (Å²) >= 11 is 0. The normalized spacial score (nSPS) is 14.7. The highest BCUT2D eigenvalue weighted by Gasteiger charge is 2.27. The molecule has 2 unspecified atom stereocenters. The summed E-state index contributed by atoms with van der Waals surface area (Å²) in [7, 11) is 1.38. The molecular formula is C92H137NO8P+. The van der Waals surface area contributed by atoms with Crippen LogP contribution < -0.4 is 0 Å². The molecule has 9 nitrogen and oxygen atoms in total. The van der Waals surface area contributed by atoms with Crippen molar-refractivity contribution < 1.29 is 42.1 Å². The maximum Gasteiger partial charge on any atom is 0.472 e. The first-order chi connectivity index (χ1) is 50.0. The SMILES string of the molecule is CC/C=C\C/C=C\C/C=C\C/C=C\C/C=C\C/C=C\C/C=C\C/C=C\C/C=C\C/C=C\C/C=C\C/C=C\CCCCC(=O)OCC(COP(=O)(O)OCC[N+](C)(C)C)OC(=O)CCCC/C=C\C/C=C\C/C=C\C/C=C\C/C=C\C/C=C\C/C=C\C/C=C\C/C=C\C/C=C\C/C=C\C/C=C\CC. The van der Waals surface area contributed by atoms with E-state index in [0.717, 1.165) is 180 Å². The number of hydrogen-bond donors (Lipinski definition) is 1. The number of hydrogen-bond acceptors (Lipinski definition) is 7. The number of nitrogens with zero attached hydrogens (tertiary/aromatic N) is 1. The minimum atomic E-state index is -4.44. The van der Waals surface area contributed by atoms with Crippen LogP contribution in [0, 0.1) is 0 Å².